The molecule has 17 heavy (non-hydrogen) atoms. The molecule has 90 valence electrons. The van der Waals surface area contributed by atoms with Crippen molar-refractivity contribution in [3.63, 3.8) is 0 Å². The summed E-state index contributed by atoms with van der Waals surface area (Å²) in [6.07, 6.45) is 3.36. The van der Waals surface area contributed by atoms with Gasteiger partial charge in [-0.2, -0.15) is 0 Å². The van der Waals surface area contributed by atoms with Crippen LogP contribution in [-0.4, -0.2) is 23.6 Å². The molecule has 0 aliphatic heterocycles. The molecule has 0 aliphatic rings. The van der Waals surface area contributed by atoms with Crippen LogP contribution in [0, 0.1) is 10.1 Å². The highest BCUT2D eigenvalue weighted by molar-refractivity contribution is 7.98. The fourth-order valence-electron chi connectivity index (χ4n) is 1.24. The molecule has 0 bridgehead atoms. The first-order chi connectivity index (χ1) is 8.10. The van der Waals surface area contributed by atoms with Gasteiger partial charge in [0.15, 0.2) is 0 Å². The highest BCUT2D eigenvalue weighted by Gasteiger charge is 2.19. The van der Waals surface area contributed by atoms with E-state index in [1.807, 2.05) is 6.26 Å². The number of carbonyl (C=O) groups excluding carboxylic acids is 1. The molecule has 0 spiro atoms. The predicted octanol–water partition coefficient (Wildman–Crippen LogP) is 2.23. The van der Waals surface area contributed by atoms with Crippen LogP contribution in [0.25, 0.3) is 0 Å². The summed E-state index contributed by atoms with van der Waals surface area (Å²) in [5, 5.41) is 13.3. The van der Waals surface area contributed by atoms with Crippen LogP contribution >= 0.6 is 11.8 Å². The van der Waals surface area contributed by atoms with Gasteiger partial charge in [-0.05, 0) is 18.4 Å². The molecule has 0 heterocycles. The van der Waals surface area contributed by atoms with Gasteiger partial charge in [-0.25, -0.2) is 0 Å². The molecule has 0 saturated carbocycles. The van der Waals surface area contributed by atoms with Crippen LogP contribution < -0.4 is 5.32 Å². The first kappa shape index (κ1) is 13.2. The number of nitrogens with one attached hydrogen (secondary N) is 1. The van der Waals surface area contributed by atoms with Crippen LogP contribution in [0.4, 0.5) is 5.69 Å². The molecule has 0 atom stereocenters. The number of thioether (sulfide) groups is 1. The zero-order valence-electron chi connectivity index (χ0n) is 9.30. The molecule has 0 radical (unpaired) electrons. The molecule has 0 fully saturated rings. The summed E-state index contributed by atoms with van der Waals surface area (Å²) in [6.45, 7) is 3.74. The molecule has 1 aromatic rings. The number of hydrogen-bond acceptors (Lipinski definition) is 4. The minimum atomic E-state index is -0.563. The normalized spacial score (nSPS) is 9.71. The standard InChI is InChI=1S/C11H12N2O3S/c1-3-6-12-11(14)9-7-8(17-2)4-5-10(9)13(15)16/h3-5,7H,1,6H2,2H3,(H,12,14). The number of amides is 1. The maximum absolute atomic E-state index is 11.7. The Labute approximate surface area is 103 Å². The van der Waals surface area contributed by atoms with Crippen LogP contribution in [0.2, 0.25) is 0 Å². The van der Waals surface area contributed by atoms with Crippen LogP contribution in [0.1, 0.15) is 10.4 Å². The number of rotatable bonds is 5. The summed E-state index contributed by atoms with van der Waals surface area (Å²) >= 11 is 1.42. The van der Waals surface area contributed by atoms with Gasteiger partial charge in [-0.1, -0.05) is 6.08 Å². The van der Waals surface area contributed by atoms with Crippen LogP contribution in [0.15, 0.2) is 35.7 Å². The van der Waals surface area contributed by atoms with Crippen molar-refractivity contribution in [2.24, 2.45) is 0 Å². The number of nitro groups is 1. The van der Waals surface area contributed by atoms with Gasteiger partial charge in [0.1, 0.15) is 5.56 Å². The summed E-state index contributed by atoms with van der Waals surface area (Å²) in [7, 11) is 0. The third kappa shape index (κ3) is 3.32. The first-order valence-electron chi connectivity index (χ1n) is 4.81. The Morgan fingerprint density at radius 2 is 2.35 bits per heavy atom. The highest BCUT2D eigenvalue weighted by Crippen LogP contribution is 2.24. The largest absolute Gasteiger partial charge is 0.348 e. The van der Waals surface area contributed by atoms with E-state index in [-0.39, 0.29) is 17.8 Å². The van der Waals surface area contributed by atoms with Crippen molar-refractivity contribution in [2.45, 2.75) is 4.90 Å². The Morgan fingerprint density at radius 1 is 1.65 bits per heavy atom. The van der Waals surface area contributed by atoms with Gasteiger partial charge in [0.25, 0.3) is 11.6 Å². The third-order valence-corrected chi connectivity index (χ3v) is 2.78. The van der Waals surface area contributed by atoms with Gasteiger partial charge in [-0.3, -0.25) is 14.9 Å². The summed E-state index contributed by atoms with van der Waals surface area (Å²) in [5.41, 5.74) is -0.118. The smallest absolute Gasteiger partial charge is 0.282 e. The Balaban J connectivity index is 3.12. The lowest BCUT2D eigenvalue weighted by Crippen LogP contribution is -2.24. The summed E-state index contributed by atoms with van der Waals surface area (Å²) in [4.78, 5) is 22.8. The zero-order chi connectivity index (χ0) is 12.8. The molecule has 1 rings (SSSR count). The van der Waals surface area contributed by atoms with Gasteiger partial charge < -0.3 is 5.32 Å². The molecular weight excluding hydrogens is 240 g/mol. The van der Waals surface area contributed by atoms with Crippen molar-refractivity contribution in [3.05, 3.63) is 46.5 Å². The second kappa shape index (κ2) is 6.05. The molecule has 1 aromatic carbocycles. The van der Waals surface area contributed by atoms with E-state index in [4.69, 9.17) is 0 Å². The molecular formula is C11H12N2O3S. The number of carbonyl (C=O) groups is 1. The molecule has 0 unspecified atom stereocenters. The van der Waals surface area contributed by atoms with Crippen molar-refractivity contribution in [1.29, 1.82) is 0 Å². The average molecular weight is 252 g/mol. The minimum Gasteiger partial charge on any atom is -0.348 e. The Bertz CT molecular complexity index is 460. The van der Waals surface area contributed by atoms with Crippen LogP contribution in [0.3, 0.4) is 0 Å². The second-order valence-corrected chi connectivity index (χ2v) is 4.02. The van der Waals surface area contributed by atoms with Gasteiger partial charge in [0.05, 0.1) is 4.92 Å². The number of nitro benzene ring substituents is 1. The molecule has 0 aliphatic carbocycles. The van der Waals surface area contributed by atoms with Gasteiger partial charge >= 0.3 is 0 Å². The van der Waals surface area contributed by atoms with Crippen LogP contribution in [0.5, 0.6) is 0 Å². The monoisotopic (exact) mass is 252 g/mol. The Hall–Kier alpha value is -1.82. The molecule has 1 N–H and O–H groups in total. The molecule has 6 heteroatoms. The third-order valence-electron chi connectivity index (χ3n) is 2.05. The quantitative estimate of drug-likeness (QED) is 0.377. The van der Waals surface area contributed by atoms with E-state index in [0.717, 1.165) is 4.90 Å². The predicted molar refractivity (Wildman–Crippen MR) is 67.4 cm³/mol. The SMILES string of the molecule is C=CCNC(=O)c1cc(SC)ccc1[N+](=O)[O-]. The van der Waals surface area contributed by atoms with E-state index in [9.17, 15) is 14.9 Å². The van der Waals surface area contributed by atoms with Gasteiger partial charge in [0.2, 0.25) is 0 Å². The fraction of sp³-hybridized carbons (Fsp3) is 0.182. The van der Waals surface area contributed by atoms with Gasteiger partial charge in [0, 0.05) is 17.5 Å². The Kier molecular flexibility index (Phi) is 4.71. The van der Waals surface area contributed by atoms with E-state index < -0.39 is 10.8 Å². The summed E-state index contributed by atoms with van der Waals surface area (Å²) < 4.78 is 0. The van der Waals surface area contributed by atoms with Crippen molar-refractivity contribution < 1.29 is 9.72 Å². The lowest BCUT2D eigenvalue weighted by atomic mass is 10.1. The van der Waals surface area contributed by atoms with Crippen molar-refractivity contribution >= 4 is 23.4 Å². The van der Waals surface area contributed by atoms with E-state index in [1.165, 1.54) is 30.0 Å². The fourth-order valence-corrected chi connectivity index (χ4v) is 1.68. The lowest BCUT2D eigenvalue weighted by molar-refractivity contribution is -0.385. The molecule has 0 saturated heterocycles. The van der Waals surface area contributed by atoms with E-state index in [0.29, 0.717) is 0 Å². The second-order valence-electron chi connectivity index (χ2n) is 3.14. The van der Waals surface area contributed by atoms with E-state index in [2.05, 4.69) is 11.9 Å². The zero-order valence-corrected chi connectivity index (χ0v) is 10.1. The molecule has 5 nitrogen and oxygen atoms in total. The van der Waals surface area contributed by atoms with E-state index in [1.54, 1.807) is 6.07 Å². The minimum absolute atomic E-state index is 0.0729. The topological polar surface area (TPSA) is 72.2 Å². The number of hydrogen-bond donors (Lipinski definition) is 1. The number of benzene rings is 1. The van der Waals surface area contributed by atoms with Crippen molar-refractivity contribution in [3.8, 4) is 0 Å². The first-order valence-corrected chi connectivity index (χ1v) is 6.04. The lowest BCUT2D eigenvalue weighted by Gasteiger charge is -2.05. The summed E-state index contributed by atoms with van der Waals surface area (Å²) in [6, 6.07) is 4.48. The Morgan fingerprint density at radius 3 is 2.88 bits per heavy atom. The average Bonchev–Trinajstić information content (AvgIpc) is 2.34. The van der Waals surface area contributed by atoms with Crippen LogP contribution in [-0.2, 0) is 0 Å². The van der Waals surface area contributed by atoms with E-state index >= 15 is 0 Å². The maximum atomic E-state index is 11.7. The van der Waals surface area contributed by atoms with Crippen molar-refractivity contribution in [2.75, 3.05) is 12.8 Å². The molecule has 1 amide bonds. The summed E-state index contributed by atoms with van der Waals surface area (Å²) in [5.74, 6) is -0.465. The number of nitrogens with zero attached hydrogens (tertiary/aromatic N) is 1. The van der Waals surface area contributed by atoms with Crippen molar-refractivity contribution in [1.82, 2.24) is 5.32 Å². The highest BCUT2D eigenvalue weighted by atomic mass is 32.2. The van der Waals surface area contributed by atoms with Gasteiger partial charge in [-0.15, -0.1) is 18.3 Å². The molecule has 0 aromatic heterocycles. The maximum Gasteiger partial charge on any atom is 0.282 e.